The van der Waals surface area contributed by atoms with E-state index in [-0.39, 0.29) is 23.5 Å². The van der Waals surface area contributed by atoms with Crippen LogP contribution in [0.25, 0.3) is 0 Å². The zero-order valence-corrected chi connectivity index (χ0v) is 16.9. The molecule has 0 saturated heterocycles. The zero-order chi connectivity index (χ0) is 20.1. The highest BCUT2D eigenvalue weighted by Gasteiger charge is 2.26. The number of carbonyl (C=O) groups excluding carboxylic acids is 1. The molecule has 0 aromatic heterocycles. The number of hydrogen-bond acceptors (Lipinski definition) is 3. The molecule has 3 rings (SSSR count). The van der Waals surface area contributed by atoms with E-state index in [4.69, 9.17) is 0 Å². The van der Waals surface area contributed by atoms with Crippen LogP contribution in [0.15, 0.2) is 48.5 Å². The molecular formula is C22H26FNO3S. The van der Waals surface area contributed by atoms with Crippen molar-refractivity contribution in [2.24, 2.45) is 0 Å². The summed E-state index contributed by atoms with van der Waals surface area (Å²) in [7, 11) is -3.11. The number of hydrogen-bond donors (Lipinski definition) is 0. The van der Waals surface area contributed by atoms with Gasteiger partial charge in [-0.15, -0.1) is 0 Å². The van der Waals surface area contributed by atoms with Gasteiger partial charge in [0, 0.05) is 24.4 Å². The van der Waals surface area contributed by atoms with Crippen LogP contribution in [0, 0.1) is 5.82 Å². The maximum Gasteiger partial charge on any atom is 0.254 e. The number of rotatable bonds is 6. The summed E-state index contributed by atoms with van der Waals surface area (Å²) >= 11 is 0. The summed E-state index contributed by atoms with van der Waals surface area (Å²) in [6.07, 6.45) is 6.53. The molecule has 0 bridgehead atoms. The van der Waals surface area contributed by atoms with E-state index in [9.17, 15) is 17.6 Å². The van der Waals surface area contributed by atoms with Crippen LogP contribution in [0.1, 0.15) is 53.6 Å². The molecule has 0 unspecified atom stereocenters. The Hall–Kier alpha value is -2.21. The van der Waals surface area contributed by atoms with Gasteiger partial charge in [-0.25, -0.2) is 12.8 Å². The summed E-state index contributed by atoms with van der Waals surface area (Å²) in [6.45, 7) is 0.439. The highest BCUT2D eigenvalue weighted by atomic mass is 32.2. The van der Waals surface area contributed by atoms with Crippen LogP contribution in [0.2, 0.25) is 0 Å². The fourth-order valence-corrected chi connectivity index (χ4v) is 4.56. The fraction of sp³-hybridized carbons (Fsp3) is 0.409. The van der Waals surface area contributed by atoms with Crippen molar-refractivity contribution in [3.63, 3.8) is 0 Å². The maximum absolute atomic E-state index is 13.2. The standard InChI is InChI=1S/C22H26FNO3S/c1-28(26,27)16-18-7-11-19(12-8-18)22(25)24(21-5-3-2-4-6-21)15-17-9-13-20(23)14-10-17/h7-14,21H,2-6,15-16H2,1H3. The van der Waals surface area contributed by atoms with Crippen molar-refractivity contribution < 1.29 is 17.6 Å². The van der Waals surface area contributed by atoms with Gasteiger partial charge < -0.3 is 4.90 Å². The number of halogens is 1. The lowest BCUT2D eigenvalue weighted by atomic mass is 9.93. The van der Waals surface area contributed by atoms with E-state index in [1.54, 1.807) is 36.4 Å². The topological polar surface area (TPSA) is 54.5 Å². The smallest absolute Gasteiger partial charge is 0.254 e. The first kappa shape index (κ1) is 20.5. The first-order valence-electron chi connectivity index (χ1n) is 9.64. The van der Waals surface area contributed by atoms with Gasteiger partial charge in [0.25, 0.3) is 5.91 Å². The second-order valence-corrected chi connectivity index (χ2v) is 9.76. The average molecular weight is 404 g/mol. The van der Waals surface area contributed by atoms with Crippen LogP contribution in [0.5, 0.6) is 0 Å². The molecule has 1 saturated carbocycles. The Morgan fingerprint density at radius 1 is 0.964 bits per heavy atom. The molecule has 1 amide bonds. The van der Waals surface area contributed by atoms with Gasteiger partial charge in [0.05, 0.1) is 5.75 Å². The fourth-order valence-electron chi connectivity index (χ4n) is 3.76. The first-order valence-corrected chi connectivity index (χ1v) is 11.7. The zero-order valence-electron chi connectivity index (χ0n) is 16.1. The molecule has 0 spiro atoms. The molecule has 1 fully saturated rings. The van der Waals surface area contributed by atoms with Crippen LogP contribution < -0.4 is 0 Å². The third kappa shape index (κ3) is 5.64. The van der Waals surface area contributed by atoms with Gasteiger partial charge in [-0.2, -0.15) is 0 Å². The van der Waals surface area contributed by atoms with Gasteiger partial charge in [-0.05, 0) is 48.2 Å². The molecule has 0 heterocycles. The van der Waals surface area contributed by atoms with Crippen molar-refractivity contribution in [3.8, 4) is 0 Å². The third-order valence-electron chi connectivity index (χ3n) is 5.17. The molecule has 0 N–H and O–H groups in total. The minimum absolute atomic E-state index is 0.0383. The quantitative estimate of drug-likeness (QED) is 0.721. The summed E-state index contributed by atoms with van der Waals surface area (Å²) in [5.74, 6) is -0.397. The number of carbonyl (C=O) groups is 1. The van der Waals surface area contributed by atoms with Gasteiger partial charge >= 0.3 is 0 Å². The van der Waals surface area contributed by atoms with E-state index in [1.165, 1.54) is 24.8 Å². The lowest BCUT2D eigenvalue weighted by molar-refractivity contribution is 0.0614. The van der Waals surface area contributed by atoms with Gasteiger partial charge in [0.1, 0.15) is 5.82 Å². The molecule has 1 aliphatic rings. The molecule has 2 aromatic carbocycles. The average Bonchev–Trinajstić information content (AvgIpc) is 2.67. The third-order valence-corrected chi connectivity index (χ3v) is 6.03. The Bertz CT molecular complexity index is 902. The van der Waals surface area contributed by atoms with E-state index in [2.05, 4.69) is 0 Å². The lowest BCUT2D eigenvalue weighted by Crippen LogP contribution is -2.41. The highest BCUT2D eigenvalue weighted by Crippen LogP contribution is 2.26. The molecule has 150 valence electrons. The molecule has 4 nitrogen and oxygen atoms in total. The molecule has 1 aliphatic carbocycles. The minimum Gasteiger partial charge on any atom is -0.331 e. The van der Waals surface area contributed by atoms with Crippen molar-refractivity contribution in [2.75, 3.05) is 6.26 Å². The predicted molar refractivity (Wildman–Crippen MR) is 108 cm³/mol. The molecule has 0 aliphatic heterocycles. The molecule has 6 heteroatoms. The van der Waals surface area contributed by atoms with Crippen molar-refractivity contribution in [3.05, 3.63) is 71.0 Å². The summed E-state index contributed by atoms with van der Waals surface area (Å²) in [5.41, 5.74) is 2.11. The molecule has 0 atom stereocenters. The Labute approximate surface area is 166 Å². The highest BCUT2D eigenvalue weighted by molar-refractivity contribution is 7.89. The van der Waals surface area contributed by atoms with Crippen LogP contribution in [0.3, 0.4) is 0 Å². The maximum atomic E-state index is 13.2. The van der Waals surface area contributed by atoms with Gasteiger partial charge in [-0.1, -0.05) is 43.5 Å². The molecule has 2 aromatic rings. The SMILES string of the molecule is CS(=O)(=O)Cc1ccc(C(=O)N(Cc2ccc(F)cc2)C2CCCCC2)cc1. The Morgan fingerprint density at radius 3 is 2.11 bits per heavy atom. The van der Waals surface area contributed by atoms with E-state index in [0.717, 1.165) is 31.2 Å². The van der Waals surface area contributed by atoms with Gasteiger partial charge in [-0.3, -0.25) is 4.79 Å². The molecule has 28 heavy (non-hydrogen) atoms. The van der Waals surface area contributed by atoms with Crippen LogP contribution >= 0.6 is 0 Å². The van der Waals surface area contributed by atoms with Crippen LogP contribution in [-0.4, -0.2) is 31.5 Å². The largest absolute Gasteiger partial charge is 0.331 e. The Morgan fingerprint density at radius 2 is 1.54 bits per heavy atom. The summed E-state index contributed by atoms with van der Waals surface area (Å²) in [4.78, 5) is 15.1. The van der Waals surface area contributed by atoms with Crippen LogP contribution in [-0.2, 0) is 22.1 Å². The van der Waals surface area contributed by atoms with Crippen LogP contribution in [0.4, 0.5) is 4.39 Å². The van der Waals surface area contributed by atoms with Gasteiger partial charge in [0.2, 0.25) is 0 Å². The number of sulfone groups is 1. The lowest BCUT2D eigenvalue weighted by Gasteiger charge is -2.34. The molecular weight excluding hydrogens is 377 g/mol. The molecule has 0 radical (unpaired) electrons. The second kappa shape index (κ2) is 8.86. The van der Waals surface area contributed by atoms with Crippen molar-refractivity contribution in [1.29, 1.82) is 0 Å². The van der Waals surface area contributed by atoms with Crippen molar-refractivity contribution in [1.82, 2.24) is 4.90 Å². The van der Waals surface area contributed by atoms with E-state index in [0.29, 0.717) is 17.7 Å². The predicted octanol–water partition coefficient (Wildman–Crippen LogP) is 4.35. The van der Waals surface area contributed by atoms with E-state index in [1.807, 2.05) is 4.90 Å². The van der Waals surface area contributed by atoms with E-state index < -0.39 is 9.84 Å². The number of benzene rings is 2. The van der Waals surface area contributed by atoms with E-state index >= 15 is 0 Å². The monoisotopic (exact) mass is 403 g/mol. The van der Waals surface area contributed by atoms with Crippen molar-refractivity contribution in [2.45, 2.75) is 50.4 Å². The normalized spacial score (nSPS) is 15.4. The summed E-state index contributed by atoms with van der Waals surface area (Å²) < 4.78 is 36.2. The minimum atomic E-state index is -3.11. The number of amides is 1. The summed E-state index contributed by atoms with van der Waals surface area (Å²) in [5, 5.41) is 0. The second-order valence-electron chi connectivity index (χ2n) is 7.62. The Kier molecular flexibility index (Phi) is 6.50. The summed E-state index contributed by atoms with van der Waals surface area (Å²) in [6, 6.07) is 13.2. The Balaban J connectivity index is 1.81. The first-order chi connectivity index (χ1) is 13.3. The van der Waals surface area contributed by atoms with Gasteiger partial charge in [0.15, 0.2) is 9.84 Å². The number of nitrogens with zero attached hydrogens (tertiary/aromatic N) is 1. The van der Waals surface area contributed by atoms with Crippen molar-refractivity contribution >= 4 is 15.7 Å².